The Labute approximate surface area is 174 Å². The van der Waals surface area contributed by atoms with Crippen molar-refractivity contribution in [3.05, 3.63) is 65.2 Å². The second-order valence-electron chi connectivity index (χ2n) is 8.28. The van der Waals surface area contributed by atoms with E-state index < -0.39 is 0 Å². The summed E-state index contributed by atoms with van der Waals surface area (Å²) in [5.41, 5.74) is 1.83. The van der Waals surface area contributed by atoms with Gasteiger partial charge in [0.1, 0.15) is 6.54 Å². The Morgan fingerprint density at radius 1 is 0.966 bits per heavy atom. The lowest BCUT2D eigenvalue weighted by molar-refractivity contribution is -0.143. The molecule has 1 N–H and O–H groups in total. The molecule has 2 saturated carbocycles. The number of fused-ring (bicyclic) bond motifs is 5. The summed E-state index contributed by atoms with van der Waals surface area (Å²) in [6.45, 7) is -0.233. The first-order valence-corrected chi connectivity index (χ1v) is 10.4. The molecular formula is C23H21ClN2O3. The van der Waals surface area contributed by atoms with Crippen LogP contribution in [0.15, 0.2) is 54.6 Å². The Bertz CT molecular complexity index is 975. The van der Waals surface area contributed by atoms with Gasteiger partial charge in [-0.05, 0) is 60.4 Å². The molecule has 1 heterocycles. The molecule has 3 fully saturated rings. The first-order valence-electron chi connectivity index (χ1n) is 9.98. The molecule has 3 amide bonds. The normalized spacial score (nSPS) is 30.0. The highest BCUT2D eigenvalue weighted by molar-refractivity contribution is 6.30. The summed E-state index contributed by atoms with van der Waals surface area (Å²) >= 11 is 5.86. The van der Waals surface area contributed by atoms with Crippen molar-refractivity contribution in [2.24, 2.45) is 23.7 Å². The predicted molar refractivity (Wildman–Crippen MR) is 109 cm³/mol. The lowest BCUT2D eigenvalue weighted by Crippen LogP contribution is -2.39. The summed E-state index contributed by atoms with van der Waals surface area (Å²) in [7, 11) is 0. The van der Waals surface area contributed by atoms with E-state index in [-0.39, 0.29) is 47.9 Å². The predicted octanol–water partition coefficient (Wildman–Crippen LogP) is 3.70. The van der Waals surface area contributed by atoms with Crippen LogP contribution in [0, 0.1) is 23.7 Å². The lowest BCUT2D eigenvalue weighted by Gasteiger charge is -2.28. The fourth-order valence-electron chi connectivity index (χ4n) is 5.64. The van der Waals surface area contributed by atoms with Gasteiger partial charge in [0.25, 0.3) is 0 Å². The van der Waals surface area contributed by atoms with Gasteiger partial charge in [-0.1, -0.05) is 41.9 Å². The van der Waals surface area contributed by atoms with E-state index in [1.165, 1.54) is 10.5 Å². The average molecular weight is 409 g/mol. The van der Waals surface area contributed by atoms with Gasteiger partial charge < -0.3 is 5.32 Å². The monoisotopic (exact) mass is 408 g/mol. The Morgan fingerprint density at radius 2 is 1.66 bits per heavy atom. The van der Waals surface area contributed by atoms with Gasteiger partial charge in [-0.3, -0.25) is 19.3 Å². The third-order valence-corrected chi connectivity index (χ3v) is 7.02. The van der Waals surface area contributed by atoms with Crippen molar-refractivity contribution in [2.45, 2.75) is 18.8 Å². The second kappa shape index (κ2) is 6.99. The summed E-state index contributed by atoms with van der Waals surface area (Å²) < 4.78 is 0. The zero-order chi connectivity index (χ0) is 20.1. The topological polar surface area (TPSA) is 66.5 Å². The Balaban J connectivity index is 1.31. The summed E-state index contributed by atoms with van der Waals surface area (Å²) in [5, 5.41) is 3.31. The van der Waals surface area contributed by atoms with Crippen molar-refractivity contribution in [1.29, 1.82) is 0 Å². The summed E-state index contributed by atoms with van der Waals surface area (Å²) in [4.78, 5) is 39.7. The molecule has 29 heavy (non-hydrogen) atoms. The van der Waals surface area contributed by atoms with Crippen molar-refractivity contribution >= 4 is 35.0 Å². The minimum atomic E-state index is -0.374. The van der Waals surface area contributed by atoms with Crippen molar-refractivity contribution in [1.82, 2.24) is 4.90 Å². The molecule has 3 aliphatic rings. The van der Waals surface area contributed by atoms with Gasteiger partial charge in [-0.2, -0.15) is 0 Å². The summed E-state index contributed by atoms with van der Waals surface area (Å²) in [6, 6.07) is 17.0. The van der Waals surface area contributed by atoms with Crippen molar-refractivity contribution < 1.29 is 14.4 Å². The minimum Gasteiger partial charge on any atom is -0.325 e. The molecule has 5 nitrogen and oxygen atoms in total. The third-order valence-electron chi connectivity index (χ3n) is 6.76. The zero-order valence-electron chi connectivity index (χ0n) is 15.8. The fourth-order valence-corrected chi connectivity index (χ4v) is 5.76. The molecule has 0 spiro atoms. The molecule has 1 aliphatic heterocycles. The van der Waals surface area contributed by atoms with E-state index in [1.807, 2.05) is 18.2 Å². The SMILES string of the molecule is O=C(CN1C(=O)[C@@H]2[C@H]3C[C@H]([C@H]2C1=O)[C@@H](c1ccccc1)C3)Nc1ccc(Cl)cc1. The van der Waals surface area contributed by atoms with Crippen molar-refractivity contribution in [3.8, 4) is 0 Å². The van der Waals surface area contributed by atoms with Crippen LogP contribution in [-0.2, 0) is 14.4 Å². The number of benzene rings is 2. The number of carbonyl (C=O) groups excluding carboxylic acids is 3. The van der Waals surface area contributed by atoms with Gasteiger partial charge in [0.2, 0.25) is 17.7 Å². The smallest absolute Gasteiger partial charge is 0.244 e. The third kappa shape index (κ3) is 3.04. The molecule has 2 aromatic rings. The number of likely N-dealkylation sites (tertiary alicyclic amines) is 1. The van der Waals surface area contributed by atoms with E-state index in [0.29, 0.717) is 16.6 Å². The van der Waals surface area contributed by atoms with Crippen LogP contribution in [0.4, 0.5) is 5.69 Å². The molecule has 148 valence electrons. The Morgan fingerprint density at radius 3 is 2.38 bits per heavy atom. The number of nitrogens with one attached hydrogen (secondary N) is 1. The number of amides is 3. The summed E-state index contributed by atoms with van der Waals surface area (Å²) in [6.07, 6.45) is 1.87. The van der Waals surface area contributed by atoms with Gasteiger partial charge in [-0.25, -0.2) is 0 Å². The van der Waals surface area contributed by atoms with Crippen molar-refractivity contribution in [3.63, 3.8) is 0 Å². The quantitative estimate of drug-likeness (QED) is 0.784. The highest BCUT2D eigenvalue weighted by Gasteiger charge is 2.63. The zero-order valence-corrected chi connectivity index (χ0v) is 16.5. The summed E-state index contributed by atoms with van der Waals surface area (Å²) in [5.74, 6) is -0.526. The fraction of sp³-hybridized carbons (Fsp3) is 0.348. The van der Waals surface area contributed by atoms with Gasteiger partial charge in [0.15, 0.2) is 0 Å². The van der Waals surface area contributed by atoms with Gasteiger partial charge in [-0.15, -0.1) is 0 Å². The standard InChI is InChI=1S/C23H21ClN2O3/c24-15-6-8-16(9-7-15)25-19(27)12-26-22(28)20-14-10-17(13-4-2-1-3-5-13)18(11-14)21(20)23(26)29/h1-9,14,17-18,20-21H,10-12H2,(H,25,27)/t14-,17-,18+,20-,21-/m1/s1. The van der Waals surface area contributed by atoms with Crippen LogP contribution in [0.1, 0.15) is 24.3 Å². The van der Waals surface area contributed by atoms with Crippen LogP contribution in [0.5, 0.6) is 0 Å². The molecule has 0 aromatic heterocycles. The molecule has 6 heteroatoms. The van der Waals surface area contributed by atoms with Crippen LogP contribution in [0.2, 0.25) is 5.02 Å². The number of halogens is 1. The number of imide groups is 1. The molecule has 2 bridgehead atoms. The van der Waals surface area contributed by atoms with Crippen LogP contribution < -0.4 is 5.32 Å². The maximum absolute atomic E-state index is 13.1. The molecule has 0 unspecified atom stereocenters. The highest BCUT2D eigenvalue weighted by atomic mass is 35.5. The number of nitrogens with zero attached hydrogens (tertiary/aromatic N) is 1. The number of anilines is 1. The maximum Gasteiger partial charge on any atom is 0.244 e. The number of hydrogen-bond acceptors (Lipinski definition) is 3. The van der Waals surface area contributed by atoms with E-state index in [9.17, 15) is 14.4 Å². The van der Waals surface area contributed by atoms with Crippen LogP contribution in [0.3, 0.4) is 0 Å². The Hall–Kier alpha value is -2.66. The molecule has 5 rings (SSSR count). The number of carbonyl (C=O) groups is 3. The first-order chi connectivity index (χ1) is 14.0. The van der Waals surface area contributed by atoms with E-state index in [1.54, 1.807) is 24.3 Å². The molecule has 0 radical (unpaired) electrons. The second-order valence-corrected chi connectivity index (χ2v) is 8.72. The molecular weight excluding hydrogens is 388 g/mol. The Kier molecular flexibility index (Phi) is 4.43. The van der Waals surface area contributed by atoms with Crippen LogP contribution in [0.25, 0.3) is 0 Å². The van der Waals surface area contributed by atoms with E-state index in [0.717, 1.165) is 12.8 Å². The van der Waals surface area contributed by atoms with E-state index in [2.05, 4.69) is 17.4 Å². The molecule has 1 saturated heterocycles. The van der Waals surface area contributed by atoms with Crippen LogP contribution >= 0.6 is 11.6 Å². The van der Waals surface area contributed by atoms with Gasteiger partial charge >= 0.3 is 0 Å². The largest absolute Gasteiger partial charge is 0.325 e. The van der Waals surface area contributed by atoms with Crippen LogP contribution in [-0.4, -0.2) is 29.2 Å². The highest BCUT2D eigenvalue weighted by Crippen LogP contribution is 2.61. The minimum absolute atomic E-state index is 0.176. The lowest BCUT2D eigenvalue weighted by atomic mass is 9.73. The molecule has 5 atom stereocenters. The molecule has 2 aromatic carbocycles. The van der Waals surface area contributed by atoms with E-state index in [4.69, 9.17) is 11.6 Å². The van der Waals surface area contributed by atoms with Crippen molar-refractivity contribution in [2.75, 3.05) is 11.9 Å². The van der Waals surface area contributed by atoms with Gasteiger partial charge in [0.05, 0.1) is 11.8 Å². The van der Waals surface area contributed by atoms with E-state index >= 15 is 0 Å². The average Bonchev–Trinajstić information content (AvgIpc) is 3.38. The van der Waals surface area contributed by atoms with Gasteiger partial charge in [0, 0.05) is 10.7 Å². The number of rotatable bonds is 4. The number of hydrogen-bond donors (Lipinski definition) is 1. The first kappa shape index (κ1) is 18.4. The maximum atomic E-state index is 13.1. The molecule has 2 aliphatic carbocycles.